The molecule has 11 nitrogen and oxygen atoms in total. The molecule has 0 unspecified atom stereocenters. The molecule has 1 saturated carbocycles. The van der Waals surface area contributed by atoms with Crippen LogP contribution in [0.15, 0.2) is 41.3 Å². The van der Waals surface area contributed by atoms with Gasteiger partial charge in [0.15, 0.2) is 5.82 Å². The molecule has 1 N–H and O–H groups in total. The Kier molecular flexibility index (Phi) is 7.36. The summed E-state index contributed by atoms with van der Waals surface area (Å²) in [6, 6.07) is 10.1. The molecule has 4 aliphatic rings. The van der Waals surface area contributed by atoms with Gasteiger partial charge >= 0.3 is 6.09 Å². The van der Waals surface area contributed by atoms with Gasteiger partial charge in [0.1, 0.15) is 17.5 Å². The van der Waals surface area contributed by atoms with Gasteiger partial charge in [0, 0.05) is 45.0 Å². The number of ether oxygens (including phenoxy) is 1. The number of aromatic nitrogens is 1. The van der Waals surface area contributed by atoms with Crippen molar-refractivity contribution in [2.45, 2.75) is 82.4 Å². The van der Waals surface area contributed by atoms with Crippen LogP contribution in [0.3, 0.4) is 0 Å². The fraction of sp³-hybridized carbons (Fsp3) is 0.581. The fourth-order valence-corrected chi connectivity index (χ4v) is 8.41. The second-order valence-corrected chi connectivity index (χ2v) is 15.4. The minimum absolute atomic E-state index is 0.0109. The van der Waals surface area contributed by atoms with Crippen LogP contribution in [0.25, 0.3) is 0 Å². The molecule has 3 aliphatic heterocycles. The van der Waals surface area contributed by atoms with Gasteiger partial charge in [-0.05, 0) is 89.1 Å². The number of carbonyl (C=O) groups is 2. The first-order valence-corrected chi connectivity index (χ1v) is 16.6. The van der Waals surface area contributed by atoms with Crippen molar-refractivity contribution < 1.29 is 22.7 Å². The number of benzene rings is 1. The standard InChI is InChI=1S/C31H42N6O5S/c1-21-28(38)34(5)25-10-11-26(33-27(25)37(21)23-12-16-35(17-13-23)29(39)42-30(2,3)4)32-22-8-6-9-24(18-22)43(40,41)36-19-31(20-36)14-7-15-31/h6,8-11,18,21,23H,7,12-17,19-20H2,1-5H3,(H,32,33)/t21-/m1/s1. The fourth-order valence-electron chi connectivity index (χ4n) is 6.70. The van der Waals surface area contributed by atoms with Crippen molar-refractivity contribution >= 4 is 45.0 Å². The quantitative estimate of drug-likeness (QED) is 0.524. The third kappa shape index (κ3) is 5.55. The monoisotopic (exact) mass is 610 g/mol. The Bertz CT molecular complexity index is 1520. The molecule has 1 aromatic heterocycles. The van der Waals surface area contributed by atoms with Crippen molar-refractivity contribution in [3.05, 3.63) is 36.4 Å². The normalized spacial score (nSPS) is 22.6. The summed E-state index contributed by atoms with van der Waals surface area (Å²) in [5.41, 5.74) is 0.982. The molecule has 1 aromatic carbocycles. The average Bonchev–Trinajstić information content (AvgIpc) is 2.90. The van der Waals surface area contributed by atoms with E-state index in [1.54, 1.807) is 45.4 Å². The molecule has 4 heterocycles. The number of hydrogen-bond acceptors (Lipinski definition) is 8. The lowest BCUT2D eigenvalue weighted by Crippen LogP contribution is -2.61. The van der Waals surface area contributed by atoms with Crippen LogP contribution in [0.2, 0.25) is 0 Å². The second kappa shape index (κ2) is 10.7. The van der Waals surface area contributed by atoms with Crippen LogP contribution < -0.4 is 15.1 Å². The topological polar surface area (TPSA) is 115 Å². The highest BCUT2D eigenvalue weighted by Crippen LogP contribution is 2.49. The predicted octanol–water partition coefficient (Wildman–Crippen LogP) is 4.57. The van der Waals surface area contributed by atoms with Crippen LogP contribution in [0.5, 0.6) is 0 Å². The zero-order valence-electron chi connectivity index (χ0n) is 25.7. The summed E-state index contributed by atoms with van der Waals surface area (Å²) in [5, 5.41) is 3.29. The van der Waals surface area contributed by atoms with Crippen LogP contribution in [0.1, 0.15) is 59.8 Å². The number of nitrogens with zero attached hydrogens (tertiary/aromatic N) is 5. The number of sulfonamides is 1. The van der Waals surface area contributed by atoms with E-state index in [0.29, 0.717) is 62.0 Å². The first-order valence-electron chi connectivity index (χ1n) is 15.2. The van der Waals surface area contributed by atoms with Crippen molar-refractivity contribution in [1.29, 1.82) is 0 Å². The van der Waals surface area contributed by atoms with Crippen LogP contribution in [-0.4, -0.2) is 85.5 Å². The van der Waals surface area contributed by atoms with Crippen LogP contribution in [0, 0.1) is 5.41 Å². The lowest BCUT2D eigenvalue weighted by atomic mass is 9.65. The van der Waals surface area contributed by atoms with Gasteiger partial charge in [0.2, 0.25) is 15.9 Å². The molecule has 12 heteroatoms. The van der Waals surface area contributed by atoms with E-state index in [1.807, 2.05) is 39.8 Å². The summed E-state index contributed by atoms with van der Waals surface area (Å²) in [6.07, 6.45) is 4.45. The number of likely N-dealkylation sites (tertiary alicyclic amines) is 1. The summed E-state index contributed by atoms with van der Waals surface area (Å²) in [6.45, 7) is 9.73. The lowest BCUT2D eigenvalue weighted by molar-refractivity contribution is -0.119. The molecule has 1 aliphatic carbocycles. The maximum atomic E-state index is 13.3. The van der Waals surface area contributed by atoms with Crippen molar-refractivity contribution in [2.24, 2.45) is 5.41 Å². The number of piperidine rings is 1. The van der Waals surface area contributed by atoms with Gasteiger partial charge in [0.25, 0.3) is 0 Å². The molecule has 0 radical (unpaired) electrons. The molecule has 3 fully saturated rings. The number of carbonyl (C=O) groups excluding carboxylic acids is 2. The third-order valence-electron chi connectivity index (χ3n) is 9.26. The Labute approximate surface area is 254 Å². The van der Waals surface area contributed by atoms with Gasteiger partial charge in [-0.1, -0.05) is 12.5 Å². The molecule has 1 spiro atoms. The summed E-state index contributed by atoms with van der Waals surface area (Å²) >= 11 is 0. The average molecular weight is 611 g/mol. The smallest absolute Gasteiger partial charge is 0.410 e. The van der Waals surface area contributed by atoms with Gasteiger partial charge in [0.05, 0.1) is 10.6 Å². The second-order valence-electron chi connectivity index (χ2n) is 13.5. The van der Waals surface area contributed by atoms with E-state index in [9.17, 15) is 18.0 Å². The predicted molar refractivity (Wildman–Crippen MR) is 165 cm³/mol. The Morgan fingerprint density at radius 3 is 2.42 bits per heavy atom. The first-order chi connectivity index (χ1) is 20.3. The molecule has 0 bridgehead atoms. The Morgan fingerprint density at radius 1 is 1.09 bits per heavy atom. The zero-order valence-corrected chi connectivity index (χ0v) is 26.5. The number of likely N-dealkylation sites (N-methyl/N-ethyl adjacent to an activating group) is 1. The lowest BCUT2D eigenvalue weighted by Gasteiger charge is -2.54. The van der Waals surface area contributed by atoms with E-state index in [0.717, 1.165) is 12.8 Å². The van der Waals surface area contributed by atoms with Gasteiger partial charge < -0.3 is 24.8 Å². The zero-order chi connectivity index (χ0) is 30.7. The van der Waals surface area contributed by atoms with E-state index >= 15 is 0 Å². The first kappa shape index (κ1) is 29.7. The van der Waals surface area contributed by atoms with E-state index < -0.39 is 21.7 Å². The van der Waals surface area contributed by atoms with Gasteiger partial charge in [-0.15, -0.1) is 0 Å². The number of rotatable bonds is 5. The van der Waals surface area contributed by atoms with Crippen LogP contribution in [-0.2, 0) is 19.6 Å². The van der Waals surface area contributed by atoms with Crippen LogP contribution >= 0.6 is 0 Å². The van der Waals surface area contributed by atoms with Crippen molar-refractivity contribution in [3.63, 3.8) is 0 Å². The summed E-state index contributed by atoms with van der Waals surface area (Å²) in [4.78, 5) is 36.5. The number of hydrogen-bond donors (Lipinski definition) is 1. The highest BCUT2D eigenvalue weighted by Gasteiger charge is 2.51. The highest BCUT2D eigenvalue weighted by molar-refractivity contribution is 7.89. The third-order valence-corrected chi connectivity index (χ3v) is 11.0. The Morgan fingerprint density at radius 2 is 1.79 bits per heavy atom. The highest BCUT2D eigenvalue weighted by atomic mass is 32.2. The van der Waals surface area contributed by atoms with E-state index in [4.69, 9.17) is 9.72 Å². The molecule has 2 amide bonds. The van der Waals surface area contributed by atoms with E-state index in [1.165, 1.54) is 6.42 Å². The molecule has 232 valence electrons. The largest absolute Gasteiger partial charge is 0.444 e. The number of anilines is 4. The minimum Gasteiger partial charge on any atom is -0.444 e. The van der Waals surface area contributed by atoms with Crippen molar-refractivity contribution in [2.75, 3.05) is 48.3 Å². The number of fused-ring (bicyclic) bond motifs is 1. The van der Waals surface area contributed by atoms with Gasteiger partial charge in [-0.3, -0.25) is 4.79 Å². The van der Waals surface area contributed by atoms with Gasteiger partial charge in [-0.2, -0.15) is 4.31 Å². The number of nitrogens with one attached hydrogen (secondary N) is 1. The molecule has 1 atom stereocenters. The molecule has 2 aromatic rings. The van der Waals surface area contributed by atoms with Crippen molar-refractivity contribution in [3.8, 4) is 0 Å². The number of pyridine rings is 1. The van der Waals surface area contributed by atoms with Gasteiger partial charge in [-0.25, -0.2) is 18.2 Å². The maximum Gasteiger partial charge on any atom is 0.410 e. The van der Waals surface area contributed by atoms with E-state index in [-0.39, 0.29) is 28.4 Å². The van der Waals surface area contributed by atoms with Crippen molar-refractivity contribution in [1.82, 2.24) is 14.2 Å². The summed E-state index contributed by atoms with van der Waals surface area (Å²) in [7, 11) is -1.80. The minimum atomic E-state index is -3.56. The number of amides is 2. The maximum absolute atomic E-state index is 13.3. The molecular formula is C31H42N6O5S. The summed E-state index contributed by atoms with van der Waals surface area (Å²) < 4.78 is 33.7. The van der Waals surface area contributed by atoms with E-state index in [2.05, 4.69) is 10.2 Å². The molecular weight excluding hydrogens is 568 g/mol. The molecule has 2 saturated heterocycles. The SMILES string of the molecule is C[C@@H]1C(=O)N(C)c2ccc(Nc3cccc(S(=O)(=O)N4CC5(CCC5)C4)c3)nc2N1C1CCN(C(=O)OC(C)(C)C)CC1. The molecule has 6 rings (SSSR count). The summed E-state index contributed by atoms with van der Waals surface area (Å²) in [5.74, 6) is 1.22. The Hall–Kier alpha value is -3.38. The Balaban J connectivity index is 1.20. The van der Waals surface area contributed by atoms with Crippen LogP contribution in [0.4, 0.5) is 27.8 Å². The molecule has 43 heavy (non-hydrogen) atoms.